The van der Waals surface area contributed by atoms with Gasteiger partial charge in [-0.2, -0.15) is 18.4 Å². The molecule has 7 atom stereocenters. The summed E-state index contributed by atoms with van der Waals surface area (Å²) in [6, 6.07) is -1.80. The Morgan fingerprint density at radius 2 is 1.92 bits per heavy atom. The zero-order valence-corrected chi connectivity index (χ0v) is 20.6. The highest BCUT2D eigenvalue weighted by Crippen LogP contribution is 2.65. The zero-order chi connectivity index (χ0) is 27.2. The number of rotatable bonds is 7. The molecule has 1 saturated carbocycles. The molecule has 0 aromatic heterocycles. The van der Waals surface area contributed by atoms with Gasteiger partial charge in [-0.1, -0.05) is 27.7 Å². The number of nitrogens with one attached hydrogen (secondary N) is 3. The Labute approximate surface area is 206 Å². The van der Waals surface area contributed by atoms with Crippen LogP contribution in [0.2, 0.25) is 0 Å². The maximum Gasteiger partial charge on any atom is 0.471 e. The average molecular weight is 516 g/mol. The van der Waals surface area contributed by atoms with E-state index in [0.717, 1.165) is 4.90 Å². The average Bonchev–Trinajstić information content (AvgIpc) is 3.10. The number of alkyl halides is 3. The molecule has 200 valence electrons. The summed E-state index contributed by atoms with van der Waals surface area (Å²) in [5.41, 5.74) is -1.78. The molecule has 4 N–H and O–H groups in total. The second-order valence-corrected chi connectivity index (χ2v) is 11.2. The van der Waals surface area contributed by atoms with E-state index in [4.69, 9.17) is 0 Å². The van der Waals surface area contributed by atoms with Crippen LogP contribution in [-0.4, -0.2) is 77.6 Å². The molecule has 1 aliphatic carbocycles. The van der Waals surface area contributed by atoms with Gasteiger partial charge in [-0.3, -0.25) is 19.2 Å². The van der Waals surface area contributed by atoms with Gasteiger partial charge in [0.1, 0.15) is 18.1 Å². The predicted molar refractivity (Wildman–Crippen MR) is 118 cm³/mol. The summed E-state index contributed by atoms with van der Waals surface area (Å²) in [6.07, 6.45) is -4.61. The first kappa shape index (κ1) is 27.7. The lowest BCUT2D eigenvalue weighted by molar-refractivity contribution is -0.176. The summed E-state index contributed by atoms with van der Waals surface area (Å²) in [6.45, 7) is 6.45. The van der Waals surface area contributed by atoms with Crippen LogP contribution in [0.15, 0.2) is 0 Å². The van der Waals surface area contributed by atoms with Gasteiger partial charge in [-0.05, 0) is 24.2 Å². The van der Waals surface area contributed by atoms with Gasteiger partial charge < -0.3 is 26.0 Å². The number of carbonyl (C=O) groups is 4. The van der Waals surface area contributed by atoms with Crippen LogP contribution in [-0.2, 0) is 19.2 Å². The molecule has 2 saturated heterocycles. The first-order chi connectivity index (χ1) is 16.6. The molecule has 13 heteroatoms. The predicted octanol–water partition coefficient (Wildman–Crippen LogP) is 0.0696. The molecular weight excluding hydrogens is 483 g/mol. The number of hydrogen-bond donors (Lipinski definition) is 4. The number of nitrogens with zero attached hydrogens (tertiary/aromatic N) is 2. The summed E-state index contributed by atoms with van der Waals surface area (Å²) in [5, 5.41) is 26.4. The SMILES string of the molecule is CC(C)(C)[C@H](NC(=O)C(F)(F)F)C(=O)N1C[C@H]2[C@@H]([C@H]1C(=O)N[C@H](C#N)C[C@@H]1CCNC1=O)[C@@]2(C)CO. The third-order valence-corrected chi connectivity index (χ3v) is 7.70. The van der Waals surface area contributed by atoms with Crippen molar-refractivity contribution < 1.29 is 37.5 Å². The van der Waals surface area contributed by atoms with Crippen LogP contribution in [0.25, 0.3) is 0 Å². The smallest absolute Gasteiger partial charge is 0.396 e. The fourth-order valence-corrected chi connectivity index (χ4v) is 5.46. The molecule has 0 aromatic carbocycles. The Kier molecular flexibility index (Phi) is 7.34. The van der Waals surface area contributed by atoms with Gasteiger partial charge in [-0.15, -0.1) is 0 Å². The molecule has 3 fully saturated rings. The van der Waals surface area contributed by atoms with E-state index in [1.54, 1.807) is 12.2 Å². The van der Waals surface area contributed by atoms with Gasteiger partial charge in [0.25, 0.3) is 0 Å². The Bertz CT molecular complexity index is 975. The monoisotopic (exact) mass is 515 g/mol. The van der Waals surface area contributed by atoms with Gasteiger partial charge in [0.05, 0.1) is 6.07 Å². The second-order valence-electron chi connectivity index (χ2n) is 11.2. The third-order valence-electron chi connectivity index (χ3n) is 7.70. The quantitative estimate of drug-likeness (QED) is 0.377. The molecule has 0 spiro atoms. The van der Waals surface area contributed by atoms with Crippen LogP contribution >= 0.6 is 0 Å². The molecule has 0 radical (unpaired) electrons. The minimum atomic E-state index is -5.20. The lowest BCUT2D eigenvalue weighted by Crippen LogP contribution is -2.61. The van der Waals surface area contributed by atoms with E-state index in [9.17, 15) is 42.7 Å². The van der Waals surface area contributed by atoms with Gasteiger partial charge in [0.2, 0.25) is 17.7 Å². The van der Waals surface area contributed by atoms with Gasteiger partial charge in [0.15, 0.2) is 0 Å². The minimum Gasteiger partial charge on any atom is -0.396 e. The van der Waals surface area contributed by atoms with Crippen molar-refractivity contribution in [2.75, 3.05) is 19.7 Å². The van der Waals surface area contributed by atoms with Crippen LogP contribution in [0, 0.1) is 39.9 Å². The summed E-state index contributed by atoms with van der Waals surface area (Å²) < 4.78 is 38.8. The maximum absolute atomic E-state index is 13.5. The molecule has 10 nitrogen and oxygen atoms in total. The largest absolute Gasteiger partial charge is 0.471 e. The number of hydrogen-bond acceptors (Lipinski definition) is 6. The van der Waals surface area contributed by atoms with E-state index in [1.165, 1.54) is 20.8 Å². The third kappa shape index (κ3) is 5.14. The van der Waals surface area contributed by atoms with Crippen molar-refractivity contribution in [1.82, 2.24) is 20.9 Å². The number of amides is 4. The van der Waals surface area contributed by atoms with E-state index in [2.05, 4.69) is 10.6 Å². The number of fused-ring (bicyclic) bond motifs is 1. The van der Waals surface area contributed by atoms with E-state index >= 15 is 0 Å². The van der Waals surface area contributed by atoms with Crippen molar-refractivity contribution in [3.8, 4) is 6.07 Å². The Morgan fingerprint density at radius 3 is 2.39 bits per heavy atom. The number of nitriles is 1. The Morgan fingerprint density at radius 1 is 1.28 bits per heavy atom. The number of aliphatic hydroxyl groups excluding tert-OH is 1. The van der Waals surface area contributed by atoms with Crippen LogP contribution in [0.5, 0.6) is 0 Å². The molecule has 2 aliphatic heterocycles. The van der Waals surface area contributed by atoms with Crippen LogP contribution < -0.4 is 16.0 Å². The first-order valence-electron chi connectivity index (χ1n) is 11.8. The highest BCUT2D eigenvalue weighted by atomic mass is 19.4. The molecule has 2 heterocycles. The van der Waals surface area contributed by atoms with Gasteiger partial charge in [0, 0.05) is 36.9 Å². The fraction of sp³-hybridized carbons (Fsp3) is 0.783. The van der Waals surface area contributed by atoms with E-state index in [0.29, 0.717) is 13.0 Å². The molecule has 0 unspecified atom stereocenters. The molecule has 0 aromatic rings. The molecule has 36 heavy (non-hydrogen) atoms. The second kappa shape index (κ2) is 9.53. The van der Waals surface area contributed by atoms with E-state index in [-0.39, 0.29) is 31.4 Å². The standard InChI is InChI=1S/C23H32F3N5O5/c1-21(2,3)16(30-20(36)23(24,25)26)19(35)31-9-13-14(22(13,4)10-32)15(31)18(34)29-12(8-27)7-11-5-6-28-17(11)33/h11-16,32H,5-7,9-10H2,1-4H3,(H,28,33)(H,29,34)(H,30,36)/t11-,12-,13-,14-,15-,16+,22-/m0/s1. The van der Waals surface area contributed by atoms with Crippen molar-refractivity contribution in [1.29, 1.82) is 5.26 Å². The fourth-order valence-electron chi connectivity index (χ4n) is 5.46. The van der Waals surface area contributed by atoms with Crippen LogP contribution in [0.3, 0.4) is 0 Å². The Hall–Kier alpha value is -2.88. The highest BCUT2D eigenvalue weighted by molar-refractivity contribution is 5.95. The van der Waals surface area contributed by atoms with E-state index < -0.39 is 64.7 Å². The van der Waals surface area contributed by atoms with E-state index in [1.807, 2.05) is 6.07 Å². The number of piperidine rings is 1. The van der Waals surface area contributed by atoms with Crippen molar-refractivity contribution in [2.45, 2.75) is 64.8 Å². The zero-order valence-electron chi connectivity index (χ0n) is 20.6. The van der Waals surface area contributed by atoms with Crippen LogP contribution in [0.4, 0.5) is 13.2 Å². The van der Waals surface area contributed by atoms with Crippen LogP contribution in [0.1, 0.15) is 40.5 Å². The molecule has 3 rings (SSSR count). The normalized spacial score (nSPS) is 31.1. The summed E-state index contributed by atoms with van der Waals surface area (Å²) in [5.74, 6) is -5.21. The number of aliphatic hydroxyl groups is 1. The minimum absolute atomic E-state index is 0.00929. The first-order valence-corrected chi connectivity index (χ1v) is 11.8. The van der Waals surface area contributed by atoms with Gasteiger partial charge in [-0.25, -0.2) is 0 Å². The highest BCUT2D eigenvalue weighted by Gasteiger charge is 2.72. The molecule has 4 amide bonds. The molecule has 0 bridgehead atoms. The summed E-state index contributed by atoms with van der Waals surface area (Å²) >= 11 is 0. The summed E-state index contributed by atoms with van der Waals surface area (Å²) in [4.78, 5) is 51.6. The molecular formula is C23H32F3N5O5. The van der Waals surface area contributed by atoms with Crippen molar-refractivity contribution in [3.05, 3.63) is 0 Å². The number of carbonyl (C=O) groups excluding carboxylic acids is 4. The van der Waals surface area contributed by atoms with Crippen molar-refractivity contribution >= 4 is 23.6 Å². The maximum atomic E-state index is 13.5. The lowest BCUT2D eigenvalue weighted by Gasteiger charge is -2.38. The summed E-state index contributed by atoms with van der Waals surface area (Å²) in [7, 11) is 0. The van der Waals surface area contributed by atoms with Crippen molar-refractivity contribution in [2.24, 2.45) is 28.6 Å². The number of likely N-dealkylation sites (tertiary alicyclic amines) is 1. The number of halogens is 3. The Balaban J connectivity index is 1.83. The lowest BCUT2D eigenvalue weighted by atomic mass is 9.85. The topological polar surface area (TPSA) is 152 Å². The molecule has 3 aliphatic rings. The van der Waals surface area contributed by atoms with Crippen molar-refractivity contribution in [3.63, 3.8) is 0 Å². The van der Waals surface area contributed by atoms with Gasteiger partial charge >= 0.3 is 12.1 Å².